The number of rotatable bonds is 5. The lowest BCUT2D eigenvalue weighted by atomic mass is 9.99. The van der Waals surface area contributed by atoms with Gasteiger partial charge in [-0.05, 0) is 38.1 Å². The van der Waals surface area contributed by atoms with Gasteiger partial charge in [0.05, 0.1) is 6.26 Å². The van der Waals surface area contributed by atoms with Gasteiger partial charge < -0.3 is 9.73 Å². The van der Waals surface area contributed by atoms with Gasteiger partial charge in [-0.25, -0.2) is 8.78 Å². The van der Waals surface area contributed by atoms with Crippen molar-refractivity contribution in [3.8, 4) is 0 Å². The molecule has 4 heteroatoms. The summed E-state index contributed by atoms with van der Waals surface area (Å²) in [7, 11) is 1.74. The van der Waals surface area contributed by atoms with E-state index in [1.807, 2.05) is 12.1 Å². The molecule has 0 bridgehead atoms. The second kappa shape index (κ2) is 5.97. The maximum Gasteiger partial charge on any atom is 0.163 e. The first-order valence-corrected chi connectivity index (χ1v) is 6.27. The Morgan fingerprint density at radius 1 is 1.21 bits per heavy atom. The summed E-state index contributed by atoms with van der Waals surface area (Å²) in [5, 5.41) is 3.02. The monoisotopic (exact) mass is 265 g/mol. The van der Waals surface area contributed by atoms with Crippen LogP contribution in [0.5, 0.6) is 0 Å². The van der Waals surface area contributed by atoms with Crippen molar-refractivity contribution >= 4 is 0 Å². The number of hydrogen-bond donors (Lipinski definition) is 1. The summed E-state index contributed by atoms with van der Waals surface area (Å²) in [5.41, 5.74) is 0.680. The molecular formula is C15H17F2NO. The van der Waals surface area contributed by atoms with Crippen LogP contribution in [0.1, 0.15) is 29.3 Å². The Morgan fingerprint density at radius 2 is 2.00 bits per heavy atom. The highest BCUT2D eigenvalue weighted by molar-refractivity contribution is 5.28. The van der Waals surface area contributed by atoms with Crippen LogP contribution in [0.15, 0.2) is 34.9 Å². The van der Waals surface area contributed by atoms with Crippen molar-refractivity contribution in [3.63, 3.8) is 0 Å². The van der Waals surface area contributed by atoms with E-state index in [4.69, 9.17) is 4.42 Å². The highest BCUT2D eigenvalue weighted by Crippen LogP contribution is 2.25. The standard InChI is InChI=1S/C15H17F2NO/c1-10-5-7-12(15(17)14(10)16)13(18-2)8-6-11-4-3-9-19-11/h3-5,7,9,13,18H,6,8H2,1-2H3. The molecule has 0 fully saturated rings. The second-order valence-electron chi connectivity index (χ2n) is 4.56. The van der Waals surface area contributed by atoms with Crippen molar-refractivity contribution in [2.24, 2.45) is 0 Å². The predicted octanol–water partition coefficient (Wildman–Crippen LogP) is 3.76. The molecule has 2 aromatic rings. The molecule has 1 atom stereocenters. The Kier molecular flexibility index (Phi) is 4.32. The number of halogens is 2. The van der Waals surface area contributed by atoms with Gasteiger partial charge in [-0.15, -0.1) is 0 Å². The first-order chi connectivity index (χ1) is 9.13. The molecule has 2 nitrogen and oxygen atoms in total. The van der Waals surface area contributed by atoms with E-state index < -0.39 is 11.6 Å². The van der Waals surface area contributed by atoms with Crippen molar-refractivity contribution in [3.05, 3.63) is 59.1 Å². The summed E-state index contributed by atoms with van der Waals surface area (Å²) >= 11 is 0. The molecule has 102 valence electrons. The van der Waals surface area contributed by atoms with Crippen LogP contribution in [-0.2, 0) is 6.42 Å². The summed E-state index contributed by atoms with van der Waals surface area (Å²) in [4.78, 5) is 0. The molecule has 0 saturated heterocycles. The fourth-order valence-electron chi connectivity index (χ4n) is 2.13. The average molecular weight is 265 g/mol. The Hall–Kier alpha value is -1.68. The summed E-state index contributed by atoms with van der Waals surface area (Å²) in [6.45, 7) is 1.55. The van der Waals surface area contributed by atoms with Crippen LogP contribution >= 0.6 is 0 Å². The Bertz CT molecular complexity index is 537. The minimum atomic E-state index is -0.768. The molecule has 0 amide bonds. The first kappa shape index (κ1) is 13.7. The fourth-order valence-corrected chi connectivity index (χ4v) is 2.13. The third-order valence-electron chi connectivity index (χ3n) is 3.29. The van der Waals surface area contributed by atoms with Crippen LogP contribution in [0.2, 0.25) is 0 Å². The number of aryl methyl sites for hydroxylation is 2. The van der Waals surface area contributed by atoms with Crippen LogP contribution in [0.3, 0.4) is 0 Å². The lowest BCUT2D eigenvalue weighted by Gasteiger charge is -2.17. The third kappa shape index (κ3) is 3.01. The lowest BCUT2D eigenvalue weighted by molar-refractivity contribution is 0.441. The third-order valence-corrected chi connectivity index (χ3v) is 3.29. The molecule has 1 N–H and O–H groups in total. The second-order valence-corrected chi connectivity index (χ2v) is 4.56. The summed E-state index contributed by atoms with van der Waals surface area (Å²) in [5.74, 6) is -0.692. The molecule has 0 radical (unpaired) electrons. The normalized spacial score (nSPS) is 12.6. The Balaban J connectivity index is 2.15. The maximum absolute atomic E-state index is 13.9. The minimum absolute atomic E-state index is 0.236. The quantitative estimate of drug-likeness (QED) is 0.890. The van der Waals surface area contributed by atoms with E-state index in [0.717, 1.165) is 5.76 Å². The molecule has 1 heterocycles. The van der Waals surface area contributed by atoms with Gasteiger partial charge in [0.2, 0.25) is 0 Å². The van der Waals surface area contributed by atoms with Gasteiger partial charge >= 0.3 is 0 Å². The van der Waals surface area contributed by atoms with Crippen molar-refractivity contribution in [1.29, 1.82) is 0 Å². The van der Waals surface area contributed by atoms with Crippen LogP contribution in [-0.4, -0.2) is 7.05 Å². The summed E-state index contributed by atoms with van der Waals surface area (Å²) in [6.07, 6.45) is 2.92. The molecule has 2 rings (SSSR count). The molecular weight excluding hydrogens is 248 g/mol. The summed E-state index contributed by atoms with van der Waals surface area (Å²) < 4.78 is 32.7. The zero-order chi connectivity index (χ0) is 13.8. The Labute approximate surface area is 111 Å². The molecule has 0 aliphatic rings. The largest absolute Gasteiger partial charge is 0.469 e. The molecule has 1 unspecified atom stereocenters. The first-order valence-electron chi connectivity index (χ1n) is 6.27. The molecule has 19 heavy (non-hydrogen) atoms. The highest BCUT2D eigenvalue weighted by Gasteiger charge is 2.18. The van der Waals surface area contributed by atoms with E-state index in [2.05, 4.69) is 5.32 Å². The van der Waals surface area contributed by atoms with Crippen LogP contribution in [0.25, 0.3) is 0 Å². The van der Waals surface area contributed by atoms with Gasteiger partial charge in [0, 0.05) is 18.0 Å². The molecule has 0 aliphatic heterocycles. The van der Waals surface area contributed by atoms with E-state index >= 15 is 0 Å². The Morgan fingerprint density at radius 3 is 2.63 bits per heavy atom. The van der Waals surface area contributed by atoms with Crippen LogP contribution in [0.4, 0.5) is 8.78 Å². The zero-order valence-corrected chi connectivity index (χ0v) is 11.0. The van der Waals surface area contributed by atoms with Gasteiger partial charge in [-0.1, -0.05) is 12.1 Å². The zero-order valence-electron chi connectivity index (χ0n) is 11.0. The van der Waals surface area contributed by atoms with Crippen LogP contribution < -0.4 is 5.32 Å². The molecule has 1 aromatic heterocycles. The van der Waals surface area contributed by atoms with Crippen LogP contribution in [0, 0.1) is 18.6 Å². The van der Waals surface area contributed by atoms with Crippen molar-refractivity contribution in [2.75, 3.05) is 7.05 Å². The van der Waals surface area contributed by atoms with Crippen molar-refractivity contribution < 1.29 is 13.2 Å². The van der Waals surface area contributed by atoms with Gasteiger partial charge in [0.25, 0.3) is 0 Å². The smallest absolute Gasteiger partial charge is 0.163 e. The van der Waals surface area contributed by atoms with E-state index in [9.17, 15) is 8.78 Å². The van der Waals surface area contributed by atoms with Crippen molar-refractivity contribution in [2.45, 2.75) is 25.8 Å². The average Bonchev–Trinajstić information content (AvgIpc) is 2.92. The van der Waals surface area contributed by atoms with E-state index in [-0.39, 0.29) is 6.04 Å². The van der Waals surface area contributed by atoms with E-state index in [1.54, 1.807) is 32.4 Å². The van der Waals surface area contributed by atoms with E-state index in [1.165, 1.54) is 0 Å². The molecule has 0 saturated carbocycles. The summed E-state index contributed by atoms with van der Waals surface area (Å²) in [6, 6.07) is 6.69. The maximum atomic E-state index is 13.9. The van der Waals surface area contributed by atoms with E-state index in [0.29, 0.717) is 24.0 Å². The SMILES string of the molecule is CNC(CCc1ccco1)c1ccc(C)c(F)c1F. The number of furan rings is 1. The van der Waals surface area contributed by atoms with Gasteiger partial charge in [-0.3, -0.25) is 0 Å². The van der Waals surface area contributed by atoms with Gasteiger partial charge in [0.15, 0.2) is 11.6 Å². The van der Waals surface area contributed by atoms with Gasteiger partial charge in [0.1, 0.15) is 5.76 Å². The van der Waals surface area contributed by atoms with Crippen molar-refractivity contribution in [1.82, 2.24) is 5.32 Å². The lowest BCUT2D eigenvalue weighted by Crippen LogP contribution is -2.19. The highest BCUT2D eigenvalue weighted by atomic mass is 19.2. The predicted molar refractivity (Wildman–Crippen MR) is 69.9 cm³/mol. The fraction of sp³-hybridized carbons (Fsp3) is 0.333. The number of nitrogens with one attached hydrogen (secondary N) is 1. The van der Waals surface area contributed by atoms with Gasteiger partial charge in [-0.2, -0.15) is 0 Å². The molecule has 1 aromatic carbocycles. The molecule has 0 spiro atoms. The number of benzene rings is 1. The number of hydrogen-bond acceptors (Lipinski definition) is 2. The minimum Gasteiger partial charge on any atom is -0.469 e. The molecule has 0 aliphatic carbocycles. The topological polar surface area (TPSA) is 25.2 Å².